The topological polar surface area (TPSA) is 88.7 Å². The van der Waals surface area contributed by atoms with Gasteiger partial charge in [0.1, 0.15) is 5.75 Å². The normalized spacial score (nSPS) is 14.5. The Balaban J connectivity index is 1.54. The average molecular weight is 380 g/mol. The molecule has 1 aliphatic rings. The number of hydrogen-bond acceptors (Lipinski definition) is 3. The molecule has 0 spiro atoms. The lowest BCUT2D eigenvalue weighted by atomic mass is 9.85. The van der Waals surface area contributed by atoms with Crippen LogP contribution in [0.1, 0.15) is 38.7 Å². The van der Waals surface area contributed by atoms with Gasteiger partial charge in [0.2, 0.25) is 5.91 Å². The molecule has 1 fully saturated rings. The van der Waals surface area contributed by atoms with Gasteiger partial charge in [-0.05, 0) is 68.7 Å². The summed E-state index contributed by atoms with van der Waals surface area (Å²) in [5.74, 6) is 1.43. The zero-order chi connectivity index (χ0) is 19.9. The van der Waals surface area contributed by atoms with Crippen LogP contribution in [0.5, 0.6) is 5.75 Å². The van der Waals surface area contributed by atoms with Crippen molar-refractivity contribution >= 4 is 23.2 Å². The van der Waals surface area contributed by atoms with Crippen molar-refractivity contribution in [3.05, 3.63) is 54.1 Å². The van der Waals surface area contributed by atoms with Crippen LogP contribution in [0.25, 0.3) is 0 Å². The summed E-state index contributed by atoms with van der Waals surface area (Å²) in [6, 6.07) is 15.3. The molecular formula is C22H28N4O2. The van der Waals surface area contributed by atoms with E-state index in [0.29, 0.717) is 12.5 Å². The van der Waals surface area contributed by atoms with Gasteiger partial charge in [0.05, 0.1) is 12.6 Å². The van der Waals surface area contributed by atoms with Crippen molar-refractivity contribution in [3.63, 3.8) is 0 Å². The monoisotopic (exact) mass is 380 g/mol. The van der Waals surface area contributed by atoms with Crippen LogP contribution in [-0.4, -0.2) is 18.0 Å². The molecule has 4 N–H and O–H groups in total. The molecule has 0 saturated heterocycles. The van der Waals surface area contributed by atoms with E-state index in [2.05, 4.69) is 15.6 Å². The number of nitrogens with two attached hydrogens (primary N) is 1. The number of nitrogens with zero attached hydrogens (tertiary/aromatic N) is 1. The molecule has 0 radical (unpaired) electrons. The van der Waals surface area contributed by atoms with Crippen LogP contribution in [-0.2, 0) is 11.3 Å². The molecule has 0 aromatic heterocycles. The summed E-state index contributed by atoms with van der Waals surface area (Å²) in [6.07, 6.45) is 3.26. The Bertz CT molecular complexity index is 827. The fraction of sp³-hybridized carbons (Fsp3) is 0.364. The van der Waals surface area contributed by atoms with E-state index in [1.165, 1.54) is 0 Å². The van der Waals surface area contributed by atoms with E-state index < -0.39 is 0 Å². The molecule has 0 aliphatic heterocycles. The number of anilines is 2. The number of carbonyl (C=O) groups is 1. The third kappa shape index (κ3) is 5.74. The first kappa shape index (κ1) is 19.7. The quantitative estimate of drug-likeness (QED) is 0.497. The lowest BCUT2D eigenvalue weighted by Crippen LogP contribution is -2.28. The molecule has 0 unspecified atom stereocenters. The van der Waals surface area contributed by atoms with E-state index in [4.69, 9.17) is 10.5 Å². The summed E-state index contributed by atoms with van der Waals surface area (Å²) < 4.78 is 5.62. The van der Waals surface area contributed by atoms with Crippen LogP contribution in [0.4, 0.5) is 11.4 Å². The van der Waals surface area contributed by atoms with E-state index in [-0.39, 0.29) is 17.9 Å². The van der Waals surface area contributed by atoms with Crippen molar-refractivity contribution in [2.75, 3.05) is 10.6 Å². The van der Waals surface area contributed by atoms with E-state index in [1.807, 2.05) is 62.4 Å². The van der Waals surface area contributed by atoms with E-state index in [1.54, 1.807) is 0 Å². The standard InChI is InChI=1S/C22H28N4O2/c1-15(2)28-20-11-9-18(10-12-20)26-22(23)24-14-16-5-3-8-19(13-16)25-21(27)17-6-4-7-17/h3,5,8-13,15,17H,4,6-7,14H2,1-2H3,(H,25,27)(H3,23,24,26). The van der Waals surface area contributed by atoms with Gasteiger partial charge in [0.25, 0.3) is 0 Å². The van der Waals surface area contributed by atoms with Gasteiger partial charge >= 0.3 is 0 Å². The number of benzene rings is 2. The van der Waals surface area contributed by atoms with Gasteiger partial charge in [-0.2, -0.15) is 0 Å². The highest BCUT2D eigenvalue weighted by atomic mass is 16.5. The van der Waals surface area contributed by atoms with Gasteiger partial charge in [-0.15, -0.1) is 0 Å². The molecule has 2 aromatic rings. The number of amides is 1. The van der Waals surface area contributed by atoms with E-state index in [0.717, 1.165) is 42.0 Å². The van der Waals surface area contributed by atoms with Crippen molar-refractivity contribution in [2.45, 2.75) is 45.8 Å². The molecular weight excluding hydrogens is 352 g/mol. The second-order valence-corrected chi connectivity index (χ2v) is 7.33. The second kappa shape index (κ2) is 9.26. The predicted molar refractivity (Wildman–Crippen MR) is 114 cm³/mol. The number of hydrogen-bond donors (Lipinski definition) is 3. The number of rotatable bonds is 7. The molecule has 1 aliphatic carbocycles. The summed E-state index contributed by atoms with van der Waals surface area (Å²) in [4.78, 5) is 16.5. The zero-order valence-corrected chi connectivity index (χ0v) is 16.4. The first-order valence-electron chi connectivity index (χ1n) is 9.73. The minimum atomic E-state index is 0.109. The van der Waals surface area contributed by atoms with E-state index in [9.17, 15) is 4.79 Å². The minimum absolute atomic E-state index is 0.109. The minimum Gasteiger partial charge on any atom is -0.491 e. The van der Waals surface area contributed by atoms with Crippen molar-refractivity contribution in [3.8, 4) is 5.75 Å². The third-order valence-corrected chi connectivity index (χ3v) is 4.60. The third-order valence-electron chi connectivity index (χ3n) is 4.60. The molecule has 0 atom stereocenters. The van der Waals surface area contributed by atoms with E-state index >= 15 is 0 Å². The molecule has 0 heterocycles. The lowest BCUT2D eigenvalue weighted by molar-refractivity contribution is -0.122. The van der Waals surface area contributed by atoms with Crippen molar-refractivity contribution < 1.29 is 9.53 Å². The highest BCUT2D eigenvalue weighted by molar-refractivity contribution is 5.93. The highest BCUT2D eigenvalue weighted by Crippen LogP contribution is 2.27. The maximum Gasteiger partial charge on any atom is 0.227 e. The van der Waals surface area contributed by atoms with Crippen molar-refractivity contribution in [2.24, 2.45) is 16.6 Å². The molecule has 6 heteroatoms. The number of nitrogens with one attached hydrogen (secondary N) is 2. The zero-order valence-electron chi connectivity index (χ0n) is 16.4. The summed E-state index contributed by atoms with van der Waals surface area (Å²) in [5.41, 5.74) is 8.63. The molecule has 2 aromatic carbocycles. The molecule has 1 amide bonds. The van der Waals surface area contributed by atoms with Gasteiger partial charge in [-0.25, -0.2) is 4.99 Å². The molecule has 0 bridgehead atoms. The van der Waals surface area contributed by atoms with Gasteiger partial charge < -0.3 is 21.1 Å². The van der Waals surface area contributed by atoms with Crippen molar-refractivity contribution in [1.29, 1.82) is 0 Å². The van der Waals surface area contributed by atoms with Crippen LogP contribution in [0.3, 0.4) is 0 Å². The summed E-state index contributed by atoms with van der Waals surface area (Å²) >= 11 is 0. The van der Waals surface area contributed by atoms with Crippen molar-refractivity contribution in [1.82, 2.24) is 0 Å². The van der Waals surface area contributed by atoms with Gasteiger partial charge in [0, 0.05) is 17.3 Å². The Labute approximate surface area is 166 Å². The first-order chi connectivity index (χ1) is 13.5. The second-order valence-electron chi connectivity index (χ2n) is 7.33. The Morgan fingerprint density at radius 1 is 1.14 bits per heavy atom. The fourth-order valence-corrected chi connectivity index (χ4v) is 2.92. The first-order valence-corrected chi connectivity index (χ1v) is 9.73. The summed E-state index contributed by atoms with van der Waals surface area (Å²) in [5, 5.41) is 6.06. The van der Waals surface area contributed by atoms with Gasteiger partial charge in [-0.1, -0.05) is 18.6 Å². The molecule has 28 heavy (non-hydrogen) atoms. The SMILES string of the molecule is CC(C)Oc1ccc(NC(N)=NCc2cccc(NC(=O)C3CCC3)c2)cc1. The molecule has 148 valence electrons. The number of ether oxygens (including phenoxy) is 1. The van der Waals surface area contributed by atoms with Crippen LogP contribution in [0.15, 0.2) is 53.5 Å². The predicted octanol–water partition coefficient (Wildman–Crippen LogP) is 4.14. The van der Waals surface area contributed by atoms with Crippen LogP contribution >= 0.6 is 0 Å². The lowest BCUT2D eigenvalue weighted by Gasteiger charge is -2.24. The van der Waals surface area contributed by atoms with Crippen LogP contribution < -0.4 is 21.1 Å². The fourth-order valence-electron chi connectivity index (χ4n) is 2.92. The van der Waals surface area contributed by atoms with Crippen LogP contribution in [0.2, 0.25) is 0 Å². The van der Waals surface area contributed by atoms with Gasteiger partial charge in [-0.3, -0.25) is 4.79 Å². The average Bonchev–Trinajstić information content (AvgIpc) is 2.60. The molecule has 1 saturated carbocycles. The smallest absolute Gasteiger partial charge is 0.227 e. The summed E-state index contributed by atoms with van der Waals surface area (Å²) in [6.45, 7) is 4.41. The Hall–Kier alpha value is -3.02. The largest absolute Gasteiger partial charge is 0.491 e. The maximum atomic E-state index is 12.1. The summed E-state index contributed by atoms with van der Waals surface area (Å²) in [7, 11) is 0. The van der Waals surface area contributed by atoms with Crippen LogP contribution in [0, 0.1) is 5.92 Å². The number of aliphatic imine (C=N–C) groups is 1. The Morgan fingerprint density at radius 3 is 2.54 bits per heavy atom. The maximum absolute atomic E-state index is 12.1. The Kier molecular flexibility index (Phi) is 6.53. The number of carbonyl (C=O) groups excluding carboxylic acids is 1. The highest BCUT2D eigenvalue weighted by Gasteiger charge is 2.25. The van der Waals surface area contributed by atoms with Gasteiger partial charge in [0.15, 0.2) is 5.96 Å². The Morgan fingerprint density at radius 2 is 1.89 bits per heavy atom. The number of guanidine groups is 1. The molecule has 3 rings (SSSR count). The molecule has 6 nitrogen and oxygen atoms in total.